The van der Waals surface area contributed by atoms with E-state index < -0.39 is 23.6 Å². The zero-order chi connectivity index (χ0) is 19.8. The number of halogens is 5. The molecule has 0 aliphatic rings. The molecule has 0 saturated carbocycles. The summed E-state index contributed by atoms with van der Waals surface area (Å²) >= 11 is 5.96. The predicted octanol–water partition coefficient (Wildman–Crippen LogP) is 4.36. The fraction of sp³-hybridized carbons (Fsp3) is 0.188. The first-order chi connectivity index (χ1) is 12.7. The number of amides is 1. The van der Waals surface area contributed by atoms with Crippen molar-refractivity contribution in [3.8, 4) is 11.3 Å². The van der Waals surface area contributed by atoms with Crippen molar-refractivity contribution >= 4 is 23.3 Å². The molecule has 1 amide bonds. The van der Waals surface area contributed by atoms with Gasteiger partial charge < -0.3 is 5.32 Å². The van der Waals surface area contributed by atoms with Crippen molar-refractivity contribution in [3.63, 3.8) is 0 Å². The Morgan fingerprint density at radius 1 is 1.33 bits per heavy atom. The van der Waals surface area contributed by atoms with Gasteiger partial charge in [0.25, 0.3) is 5.91 Å². The molecular weight excluding hydrogens is 390 g/mol. The molecule has 3 rings (SSSR count). The van der Waals surface area contributed by atoms with E-state index in [9.17, 15) is 22.4 Å². The van der Waals surface area contributed by atoms with E-state index in [4.69, 9.17) is 11.6 Å². The normalized spacial score (nSPS) is 11.6. The Hall–Kier alpha value is -2.88. The third-order valence-corrected chi connectivity index (χ3v) is 3.97. The van der Waals surface area contributed by atoms with Gasteiger partial charge in [-0.25, -0.2) is 9.07 Å². The molecule has 0 saturated heterocycles. The van der Waals surface area contributed by atoms with Crippen LogP contribution in [0.5, 0.6) is 0 Å². The number of carbonyl (C=O) groups is 1. The summed E-state index contributed by atoms with van der Waals surface area (Å²) in [6, 6.07) is 6.05. The molecule has 27 heavy (non-hydrogen) atoms. The van der Waals surface area contributed by atoms with E-state index in [2.05, 4.69) is 20.6 Å². The minimum absolute atomic E-state index is 0.00687. The van der Waals surface area contributed by atoms with Gasteiger partial charge in [0.05, 0.1) is 16.3 Å². The van der Waals surface area contributed by atoms with Crippen LogP contribution in [0.25, 0.3) is 11.3 Å². The highest BCUT2D eigenvalue weighted by molar-refractivity contribution is 6.33. The van der Waals surface area contributed by atoms with Crippen LogP contribution in [0.15, 0.2) is 30.3 Å². The van der Waals surface area contributed by atoms with Gasteiger partial charge in [-0.2, -0.15) is 23.4 Å². The topological polar surface area (TPSA) is 75.6 Å². The zero-order valence-electron chi connectivity index (χ0n) is 13.7. The number of anilines is 1. The van der Waals surface area contributed by atoms with Crippen LogP contribution in [0.3, 0.4) is 0 Å². The monoisotopic (exact) mass is 401 g/mol. The fourth-order valence-electron chi connectivity index (χ4n) is 2.39. The largest absolute Gasteiger partial charge is 0.435 e. The summed E-state index contributed by atoms with van der Waals surface area (Å²) in [4.78, 5) is 12.3. The number of hydrogen-bond donors (Lipinski definition) is 2. The first kappa shape index (κ1) is 18.9. The minimum atomic E-state index is -4.64. The standard InChI is InChI=1S/C16H12ClF4N5O/c1-2-26-13(7-12(25-26)16(19,20)21)22-15(27)11-6-10(23-24-11)14-8(17)4-3-5-9(14)18/h3-7H,2H2,1H3,(H,22,27)(H,23,24). The lowest BCUT2D eigenvalue weighted by molar-refractivity contribution is -0.141. The number of benzene rings is 1. The number of rotatable bonds is 4. The van der Waals surface area contributed by atoms with Gasteiger partial charge in [-0.3, -0.25) is 9.89 Å². The maximum Gasteiger partial charge on any atom is 0.435 e. The highest BCUT2D eigenvalue weighted by atomic mass is 35.5. The van der Waals surface area contributed by atoms with Crippen LogP contribution in [0.2, 0.25) is 5.02 Å². The summed E-state index contributed by atoms with van der Waals surface area (Å²) in [6.07, 6.45) is -4.64. The summed E-state index contributed by atoms with van der Waals surface area (Å²) in [6.45, 7) is 1.70. The molecule has 3 aromatic rings. The predicted molar refractivity (Wildman–Crippen MR) is 89.8 cm³/mol. The number of carbonyl (C=O) groups excluding carboxylic acids is 1. The molecule has 142 valence electrons. The number of H-pyrrole nitrogens is 1. The van der Waals surface area contributed by atoms with Crippen LogP contribution in [0.1, 0.15) is 23.1 Å². The van der Waals surface area contributed by atoms with Crippen LogP contribution >= 0.6 is 11.6 Å². The van der Waals surface area contributed by atoms with E-state index in [1.165, 1.54) is 24.3 Å². The molecule has 2 N–H and O–H groups in total. The van der Waals surface area contributed by atoms with Crippen molar-refractivity contribution in [1.82, 2.24) is 20.0 Å². The average Bonchev–Trinajstić information content (AvgIpc) is 3.21. The molecule has 0 spiro atoms. The van der Waals surface area contributed by atoms with E-state index in [0.717, 1.165) is 10.7 Å². The molecule has 0 aliphatic heterocycles. The van der Waals surface area contributed by atoms with Crippen LogP contribution in [-0.2, 0) is 12.7 Å². The Balaban J connectivity index is 1.86. The molecule has 0 aliphatic carbocycles. The molecule has 2 heterocycles. The number of aromatic amines is 1. The Bertz CT molecular complexity index is 975. The second-order valence-corrected chi connectivity index (χ2v) is 5.85. The minimum Gasteiger partial charge on any atom is -0.305 e. The molecule has 0 bridgehead atoms. The first-order valence-electron chi connectivity index (χ1n) is 7.67. The van der Waals surface area contributed by atoms with E-state index in [1.807, 2.05) is 0 Å². The molecule has 0 atom stereocenters. The number of aromatic nitrogens is 4. The zero-order valence-corrected chi connectivity index (χ0v) is 14.5. The van der Waals surface area contributed by atoms with E-state index >= 15 is 0 Å². The third-order valence-electron chi connectivity index (χ3n) is 3.65. The maximum absolute atomic E-state index is 13.9. The maximum atomic E-state index is 13.9. The third kappa shape index (κ3) is 3.80. The summed E-state index contributed by atoms with van der Waals surface area (Å²) in [7, 11) is 0. The first-order valence-corrected chi connectivity index (χ1v) is 8.04. The second kappa shape index (κ2) is 7.03. The summed E-state index contributed by atoms with van der Waals surface area (Å²) < 4.78 is 53.3. The van der Waals surface area contributed by atoms with Gasteiger partial charge in [0, 0.05) is 12.6 Å². The van der Waals surface area contributed by atoms with E-state index in [0.29, 0.717) is 0 Å². The Morgan fingerprint density at radius 2 is 2.07 bits per heavy atom. The van der Waals surface area contributed by atoms with Gasteiger partial charge in [0.1, 0.15) is 17.3 Å². The van der Waals surface area contributed by atoms with Crippen molar-refractivity contribution in [1.29, 1.82) is 0 Å². The van der Waals surface area contributed by atoms with Crippen LogP contribution in [0, 0.1) is 5.82 Å². The Morgan fingerprint density at radius 3 is 2.70 bits per heavy atom. The Kier molecular flexibility index (Phi) is 4.92. The number of aryl methyl sites for hydroxylation is 1. The average molecular weight is 402 g/mol. The summed E-state index contributed by atoms with van der Waals surface area (Å²) in [5.41, 5.74) is -1.11. The molecule has 0 radical (unpaired) electrons. The molecular formula is C16H12ClF4N5O. The Labute approximate surface area is 155 Å². The molecule has 0 fully saturated rings. The number of hydrogen-bond acceptors (Lipinski definition) is 3. The molecule has 11 heteroatoms. The van der Waals surface area contributed by atoms with Gasteiger partial charge in [-0.15, -0.1) is 0 Å². The molecule has 1 aromatic carbocycles. The SMILES string of the molecule is CCn1nc(C(F)(F)F)cc1NC(=O)c1cc(-c2c(F)cccc2Cl)n[nH]1. The van der Waals surface area contributed by atoms with Crippen molar-refractivity contribution in [2.24, 2.45) is 0 Å². The molecule has 2 aromatic heterocycles. The van der Waals surface area contributed by atoms with Crippen molar-refractivity contribution < 1.29 is 22.4 Å². The van der Waals surface area contributed by atoms with E-state index in [1.54, 1.807) is 6.92 Å². The van der Waals surface area contributed by atoms with Crippen LogP contribution < -0.4 is 5.32 Å². The van der Waals surface area contributed by atoms with Crippen molar-refractivity contribution in [2.45, 2.75) is 19.6 Å². The van der Waals surface area contributed by atoms with Crippen LogP contribution in [-0.4, -0.2) is 25.9 Å². The fourth-order valence-corrected chi connectivity index (χ4v) is 2.65. The smallest absolute Gasteiger partial charge is 0.305 e. The lowest BCUT2D eigenvalue weighted by atomic mass is 10.1. The summed E-state index contributed by atoms with van der Waals surface area (Å²) in [5.74, 6) is -1.51. The van der Waals surface area contributed by atoms with Crippen LogP contribution in [0.4, 0.5) is 23.4 Å². The lowest BCUT2D eigenvalue weighted by Crippen LogP contribution is -2.15. The van der Waals surface area contributed by atoms with Crippen molar-refractivity contribution in [3.05, 3.63) is 52.6 Å². The number of alkyl halides is 3. The lowest BCUT2D eigenvalue weighted by Gasteiger charge is -2.05. The van der Waals surface area contributed by atoms with Gasteiger partial charge in [0.15, 0.2) is 5.69 Å². The summed E-state index contributed by atoms with van der Waals surface area (Å²) in [5, 5.41) is 12.1. The molecule has 6 nitrogen and oxygen atoms in total. The van der Waals surface area contributed by atoms with Gasteiger partial charge >= 0.3 is 6.18 Å². The molecule has 0 unspecified atom stereocenters. The second-order valence-electron chi connectivity index (χ2n) is 5.45. The number of nitrogens with one attached hydrogen (secondary N) is 2. The highest BCUT2D eigenvalue weighted by Gasteiger charge is 2.35. The van der Waals surface area contributed by atoms with Gasteiger partial charge in [-0.1, -0.05) is 17.7 Å². The highest BCUT2D eigenvalue weighted by Crippen LogP contribution is 2.31. The van der Waals surface area contributed by atoms with Gasteiger partial charge in [-0.05, 0) is 25.1 Å². The van der Waals surface area contributed by atoms with E-state index in [-0.39, 0.29) is 34.3 Å². The van der Waals surface area contributed by atoms with Gasteiger partial charge in [0.2, 0.25) is 0 Å². The quantitative estimate of drug-likeness (QED) is 0.638. The van der Waals surface area contributed by atoms with Crippen molar-refractivity contribution in [2.75, 3.05) is 5.32 Å². The number of nitrogens with zero attached hydrogens (tertiary/aromatic N) is 3.